The molecule has 0 bridgehead atoms. The van der Waals surface area contributed by atoms with Gasteiger partial charge in [-0.25, -0.2) is 0 Å². The molecule has 25 heavy (non-hydrogen) atoms. The Labute approximate surface area is 153 Å². The minimum atomic E-state index is -0.00563. The predicted octanol–water partition coefficient (Wildman–Crippen LogP) is 2.65. The van der Waals surface area contributed by atoms with Crippen molar-refractivity contribution in [3.8, 4) is 0 Å². The predicted molar refractivity (Wildman–Crippen MR) is 101 cm³/mol. The fraction of sp³-hybridized carbons (Fsp3) is 0.900. The van der Waals surface area contributed by atoms with E-state index < -0.39 is 0 Å². The molecule has 1 N–H and O–H groups in total. The van der Waals surface area contributed by atoms with Crippen molar-refractivity contribution in [2.75, 3.05) is 32.7 Å². The Morgan fingerprint density at radius 1 is 1.08 bits per heavy atom. The summed E-state index contributed by atoms with van der Waals surface area (Å²) in [4.78, 5) is 29.5. The maximum absolute atomic E-state index is 12.8. The van der Waals surface area contributed by atoms with E-state index in [4.69, 9.17) is 0 Å². The molecule has 5 nitrogen and oxygen atoms in total. The number of hydrogen-bond acceptors (Lipinski definition) is 3. The van der Waals surface area contributed by atoms with E-state index in [0.717, 1.165) is 52.0 Å². The molecule has 2 fully saturated rings. The van der Waals surface area contributed by atoms with Crippen LogP contribution in [0.5, 0.6) is 0 Å². The molecule has 1 saturated carbocycles. The van der Waals surface area contributed by atoms with E-state index in [-0.39, 0.29) is 23.3 Å². The van der Waals surface area contributed by atoms with Crippen molar-refractivity contribution in [1.82, 2.24) is 15.1 Å². The van der Waals surface area contributed by atoms with Crippen molar-refractivity contribution in [2.45, 2.75) is 72.3 Å². The first kappa shape index (κ1) is 20.2. The Morgan fingerprint density at radius 3 is 2.20 bits per heavy atom. The van der Waals surface area contributed by atoms with E-state index >= 15 is 0 Å². The zero-order chi connectivity index (χ0) is 18.4. The second-order valence-electron chi connectivity index (χ2n) is 8.93. The van der Waals surface area contributed by atoms with Crippen LogP contribution >= 0.6 is 0 Å². The minimum absolute atomic E-state index is 0.00563. The van der Waals surface area contributed by atoms with Crippen LogP contribution in [0.2, 0.25) is 0 Å². The standard InChI is InChI=1S/C20H37N3O2/c1-5-10-21-19(25)18(16-8-6-7-9-16)23-13-11-22(12-14-23)17(24)15-20(2,3)4/h16,18H,5-15H2,1-4H3,(H,21,25). The number of amides is 2. The summed E-state index contributed by atoms with van der Waals surface area (Å²) < 4.78 is 0. The van der Waals surface area contributed by atoms with Crippen LogP contribution in [0.3, 0.4) is 0 Å². The van der Waals surface area contributed by atoms with E-state index in [2.05, 4.69) is 37.9 Å². The topological polar surface area (TPSA) is 52.7 Å². The van der Waals surface area contributed by atoms with Crippen molar-refractivity contribution in [3.63, 3.8) is 0 Å². The highest BCUT2D eigenvalue weighted by molar-refractivity contribution is 5.82. The first-order valence-electron chi connectivity index (χ1n) is 10.1. The van der Waals surface area contributed by atoms with Gasteiger partial charge < -0.3 is 10.2 Å². The molecular formula is C20H37N3O2. The zero-order valence-electron chi connectivity index (χ0n) is 16.6. The molecule has 5 heteroatoms. The van der Waals surface area contributed by atoms with Gasteiger partial charge in [0.25, 0.3) is 0 Å². The summed E-state index contributed by atoms with van der Waals surface area (Å²) in [5.74, 6) is 0.928. The van der Waals surface area contributed by atoms with E-state index in [1.165, 1.54) is 12.8 Å². The minimum Gasteiger partial charge on any atom is -0.355 e. The van der Waals surface area contributed by atoms with Gasteiger partial charge in [0.1, 0.15) is 0 Å². The summed E-state index contributed by atoms with van der Waals surface area (Å²) in [7, 11) is 0. The monoisotopic (exact) mass is 351 g/mol. The van der Waals surface area contributed by atoms with Crippen LogP contribution in [-0.2, 0) is 9.59 Å². The van der Waals surface area contributed by atoms with E-state index in [0.29, 0.717) is 12.3 Å². The van der Waals surface area contributed by atoms with Crippen LogP contribution in [0.4, 0.5) is 0 Å². The average Bonchev–Trinajstić information content (AvgIpc) is 3.06. The quantitative estimate of drug-likeness (QED) is 0.800. The van der Waals surface area contributed by atoms with Gasteiger partial charge in [0, 0.05) is 39.1 Å². The molecule has 0 aromatic rings. The Kier molecular flexibility index (Phi) is 7.29. The summed E-state index contributed by atoms with van der Waals surface area (Å²) in [6.07, 6.45) is 6.37. The summed E-state index contributed by atoms with van der Waals surface area (Å²) in [5.41, 5.74) is 0.0284. The molecule has 1 heterocycles. The molecule has 0 aromatic carbocycles. The van der Waals surface area contributed by atoms with Crippen LogP contribution < -0.4 is 5.32 Å². The summed E-state index contributed by atoms with van der Waals surface area (Å²) in [5, 5.41) is 3.11. The SMILES string of the molecule is CCCNC(=O)C(C1CCCC1)N1CCN(C(=O)CC(C)(C)C)CC1. The second kappa shape index (κ2) is 9.02. The van der Waals surface area contributed by atoms with Crippen molar-refractivity contribution in [2.24, 2.45) is 11.3 Å². The van der Waals surface area contributed by atoms with Gasteiger partial charge in [-0.15, -0.1) is 0 Å². The Balaban J connectivity index is 1.94. The Bertz CT molecular complexity index is 444. The number of rotatable bonds is 6. The van der Waals surface area contributed by atoms with Gasteiger partial charge in [-0.2, -0.15) is 0 Å². The van der Waals surface area contributed by atoms with Crippen LogP contribution in [0.1, 0.15) is 66.2 Å². The summed E-state index contributed by atoms with van der Waals surface area (Å²) >= 11 is 0. The smallest absolute Gasteiger partial charge is 0.237 e. The lowest BCUT2D eigenvalue weighted by atomic mass is 9.91. The molecule has 2 aliphatic rings. The second-order valence-corrected chi connectivity index (χ2v) is 8.93. The van der Waals surface area contributed by atoms with Crippen LogP contribution in [-0.4, -0.2) is 60.4 Å². The van der Waals surface area contributed by atoms with Crippen LogP contribution in [0.25, 0.3) is 0 Å². The lowest BCUT2D eigenvalue weighted by Gasteiger charge is -2.41. The highest BCUT2D eigenvalue weighted by Crippen LogP contribution is 2.31. The van der Waals surface area contributed by atoms with Gasteiger partial charge >= 0.3 is 0 Å². The lowest BCUT2D eigenvalue weighted by Crippen LogP contribution is -2.58. The molecule has 0 spiro atoms. The van der Waals surface area contributed by atoms with Crippen molar-refractivity contribution in [3.05, 3.63) is 0 Å². The van der Waals surface area contributed by atoms with Gasteiger partial charge in [-0.05, 0) is 30.6 Å². The molecule has 1 atom stereocenters. The molecule has 0 aromatic heterocycles. The lowest BCUT2D eigenvalue weighted by molar-refractivity contribution is -0.136. The normalized spacial score (nSPS) is 21.4. The molecule has 0 radical (unpaired) electrons. The van der Waals surface area contributed by atoms with Crippen molar-refractivity contribution >= 4 is 11.8 Å². The molecule has 2 amide bonds. The van der Waals surface area contributed by atoms with Crippen molar-refractivity contribution in [1.29, 1.82) is 0 Å². The number of nitrogens with one attached hydrogen (secondary N) is 1. The van der Waals surface area contributed by atoms with Crippen LogP contribution in [0, 0.1) is 11.3 Å². The summed E-state index contributed by atoms with van der Waals surface area (Å²) in [6.45, 7) is 12.3. The van der Waals surface area contributed by atoms with E-state index in [1.807, 2.05) is 4.90 Å². The largest absolute Gasteiger partial charge is 0.355 e. The fourth-order valence-electron chi connectivity index (χ4n) is 4.12. The Morgan fingerprint density at radius 2 is 1.68 bits per heavy atom. The zero-order valence-corrected chi connectivity index (χ0v) is 16.6. The van der Waals surface area contributed by atoms with Crippen LogP contribution in [0.15, 0.2) is 0 Å². The van der Waals surface area contributed by atoms with Crippen molar-refractivity contribution < 1.29 is 9.59 Å². The van der Waals surface area contributed by atoms with Gasteiger partial charge in [0.15, 0.2) is 0 Å². The molecule has 1 unspecified atom stereocenters. The van der Waals surface area contributed by atoms with E-state index in [1.54, 1.807) is 0 Å². The average molecular weight is 352 g/mol. The first-order valence-corrected chi connectivity index (χ1v) is 10.1. The highest BCUT2D eigenvalue weighted by Gasteiger charge is 2.37. The third-order valence-corrected chi connectivity index (χ3v) is 5.41. The number of hydrogen-bond donors (Lipinski definition) is 1. The summed E-state index contributed by atoms with van der Waals surface area (Å²) in [6, 6.07) is -0.00563. The van der Waals surface area contributed by atoms with Gasteiger partial charge in [0.2, 0.25) is 11.8 Å². The fourth-order valence-corrected chi connectivity index (χ4v) is 4.12. The van der Waals surface area contributed by atoms with Gasteiger partial charge in [-0.3, -0.25) is 14.5 Å². The molecule has 1 aliphatic heterocycles. The first-order chi connectivity index (χ1) is 11.8. The Hall–Kier alpha value is -1.10. The molecular weight excluding hydrogens is 314 g/mol. The molecule has 1 aliphatic carbocycles. The maximum atomic E-state index is 12.8. The van der Waals surface area contributed by atoms with Gasteiger partial charge in [0.05, 0.1) is 6.04 Å². The number of carbonyl (C=O) groups is 2. The third kappa shape index (κ3) is 5.98. The highest BCUT2D eigenvalue weighted by atomic mass is 16.2. The number of nitrogens with zero attached hydrogens (tertiary/aromatic N) is 2. The van der Waals surface area contributed by atoms with Gasteiger partial charge in [-0.1, -0.05) is 40.5 Å². The molecule has 144 valence electrons. The number of piperazine rings is 1. The third-order valence-electron chi connectivity index (χ3n) is 5.41. The number of carbonyl (C=O) groups excluding carboxylic acids is 2. The maximum Gasteiger partial charge on any atom is 0.237 e. The molecule has 1 saturated heterocycles. The van der Waals surface area contributed by atoms with E-state index in [9.17, 15) is 9.59 Å². The molecule has 2 rings (SSSR count).